The summed E-state index contributed by atoms with van der Waals surface area (Å²) >= 11 is 0. The molecule has 0 spiro atoms. The van der Waals surface area contributed by atoms with Crippen molar-refractivity contribution in [2.75, 3.05) is 7.11 Å². The average molecular weight is 179 g/mol. The highest BCUT2D eigenvalue weighted by atomic mass is 16.5. The molecule has 0 fully saturated rings. The Bertz CT molecular complexity index is 424. The molecule has 2 heterocycles. The molecule has 0 radical (unpaired) electrons. The van der Waals surface area contributed by atoms with Gasteiger partial charge in [0.1, 0.15) is 12.2 Å². The van der Waals surface area contributed by atoms with Gasteiger partial charge in [-0.05, 0) is 0 Å². The third-order valence-electron chi connectivity index (χ3n) is 1.66. The molecule has 2 rings (SSSR count). The first-order valence-electron chi connectivity index (χ1n) is 3.95. The number of hydrogen-bond acceptors (Lipinski definition) is 5. The zero-order valence-corrected chi connectivity index (χ0v) is 7.43. The van der Waals surface area contributed by atoms with Crippen molar-refractivity contribution in [1.82, 2.24) is 24.6 Å². The molecular formula is C7H9N5O. The Hall–Kier alpha value is -1.72. The lowest BCUT2D eigenvalue weighted by Crippen LogP contribution is -2.04. The van der Waals surface area contributed by atoms with Gasteiger partial charge in [0.05, 0.1) is 7.11 Å². The molecule has 0 amide bonds. The molecule has 6 nitrogen and oxygen atoms in total. The van der Waals surface area contributed by atoms with Crippen LogP contribution in [0.3, 0.4) is 0 Å². The Kier molecular flexibility index (Phi) is 1.80. The maximum Gasteiger partial charge on any atom is 0.322 e. The van der Waals surface area contributed by atoms with E-state index in [0.29, 0.717) is 17.6 Å². The predicted molar refractivity (Wildman–Crippen MR) is 44.5 cm³/mol. The Morgan fingerprint density at radius 2 is 2.31 bits per heavy atom. The van der Waals surface area contributed by atoms with Crippen molar-refractivity contribution in [3.8, 4) is 6.01 Å². The van der Waals surface area contributed by atoms with Gasteiger partial charge in [-0.15, -0.1) is 9.61 Å². The fraction of sp³-hybridized carbons (Fsp3) is 0.429. The van der Waals surface area contributed by atoms with Crippen LogP contribution in [-0.2, 0) is 6.42 Å². The van der Waals surface area contributed by atoms with Crippen molar-refractivity contribution in [1.29, 1.82) is 0 Å². The molecule has 0 aliphatic heterocycles. The Labute approximate surface area is 74.6 Å². The highest BCUT2D eigenvalue weighted by Crippen LogP contribution is 2.07. The summed E-state index contributed by atoms with van der Waals surface area (Å²) in [6.07, 6.45) is 2.17. The highest BCUT2D eigenvalue weighted by molar-refractivity contribution is 5.27. The predicted octanol–water partition coefficient (Wildman–Crippen LogP) is 0.0903. The molecule has 0 unspecified atom stereocenters. The van der Waals surface area contributed by atoms with E-state index in [1.54, 1.807) is 7.11 Å². The molecule has 0 N–H and O–H groups in total. The van der Waals surface area contributed by atoms with Crippen LogP contribution in [0.2, 0.25) is 0 Å². The number of fused-ring (bicyclic) bond motifs is 1. The summed E-state index contributed by atoms with van der Waals surface area (Å²) in [4.78, 5) is 12.3. The molecule has 0 aliphatic rings. The first-order valence-corrected chi connectivity index (χ1v) is 3.95. The molecule has 2 aromatic heterocycles. The second-order valence-corrected chi connectivity index (χ2v) is 2.45. The third kappa shape index (κ3) is 1.20. The van der Waals surface area contributed by atoms with Crippen LogP contribution in [0, 0.1) is 0 Å². The minimum atomic E-state index is 0.416. The van der Waals surface area contributed by atoms with Crippen LogP contribution < -0.4 is 4.74 Å². The summed E-state index contributed by atoms with van der Waals surface area (Å²) in [6.45, 7) is 1.97. The maximum absolute atomic E-state index is 5.04. The molecular weight excluding hydrogens is 170 g/mol. The van der Waals surface area contributed by atoms with Gasteiger partial charge >= 0.3 is 6.01 Å². The highest BCUT2D eigenvalue weighted by Gasteiger charge is 2.07. The zero-order chi connectivity index (χ0) is 9.26. The average Bonchev–Trinajstić information content (AvgIpc) is 2.63. The first-order chi connectivity index (χ1) is 6.35. The van der Waals surface area contributed by atoms with Gasteiger partial charge in [0.15, 0.2) is 0 Å². The lowest BCUT2D eigenvalue weighted by Gasteiger charge is -2.01. The SMILES string of the molecule is CCc1nc(OC)n2ncnc2n1. The van der Waals surface area contributed by atoms with Gasteiger partial charge in [0.25, 0.3) is 5.78 Å². The summed E-state index contributed by atoms with van der Waals surface area (Å²) in [5.74, 6) is 1.22. The quantitative estimate of drug-likeness (QED) is 0.653. The second-order valence-electron chi connectivity index (χ2n) is 2.45. The fourth-order valence-corrected chi connectivity index (χ4v) is 1.04. The zero-order valence-electron chi connectivity index (χ0n) is 7.43. The molecule has 0 saturated heterocycles. The second kappa shape index (κ2) is 2.96. The summed E-state index contributed by atoms with van der Waals surface area (Å²) in [5.41, 5.74) is 0. The van der Waals surface area contributed by atoms with Crippen LogP contribution in [-0.4, -0.2) is 31.7 Å². The summed E-state index contributed by atoms with van der Waals surface area (Å²) in [6, 6.07) is 0.416. The van der Waals surface area contributed by atoms with Crippen molar-refractivity contribution in [2.45, 2.75) is 13.3 Å². The molecule has 6 heteroatoms. The lowest BCUT2D eigenvalue weighted by atomic mass is 10.5. The van der Waals surface area contributed by atoms with E-state index in [9.17, 15) is 0 Å². The standard InChI is InChI=1S/C7H9N5O/c1-3-5-10-6-8-4-9-12(6)7(11-5)13-2/h4H,3H2,1-2H3. The van der Waals surface area contributed by atoms with E-state index in [2.05, 4.69) is 20.1 Å². The van der Waals surface area contributed by atoms with Crippen LogP contribution in [0.4, 0.5) is 0 Å². The number of methoxy groups -OCH3 is 1. The molecule has 0 atom stereocenters. The van der Waals surface area contributed by atoms with Crippen LogP contribution in [0.1, 0.15) is 12.7 Å². The molecule has 0 saturated carbocycles. The van der Waals surface area contributed by atoms with E-state index >= 15 is 0 Å². The monoisotopic (exact) mass is 179 g/mol. The van der Waals surface area contributed by atoms with E-state index in [1.165, 1.54) is 10.8 Å². The maximum atomic E-state index is 5.04. The largest absolute Gasteiger partial charge is 0.467 e. The van der Waals surface area contributed by atoms with E-state index in [-0.39, 0.29) is 0 Å². The smallest absolute Gasteiger partial charge is 0.322 e. The number of nitrogens with zero attached hydrogens (tertiary/aromatic N) is 5. The topological polar surface area (TPSA) is 65.2 Å². The molecule has 68 valence electrons. The van der Waals surface area contributed by atoms with Crippen LogP contribution in [0.15, 0.2) is 6.33 Å². The van der Waals surface area contributed by atoms with Crippen LogP contribution in [0.5, 0.6) is 6.01 Å². The Balaban J connectivity index is 2.70. The number of aryl methyl sites for hydroxylation is 1. The number of ether oxygens (including phenoxy) is 1. The van der Waals surface area contributed by atoms with Crippen molar-refractivity contribution in [2.24, 2.45) is 0 Å². The van der Waals surface area contributed by atoms with Gasteiger partial charge in [-0.25, -0.2) is 0 Å². The van der Waals surface area contributed by atoms with Gasteiger partial charge < -0.3 is 4.74 Å². The number of aromatic nitrogens is 5. The van der Waals surface area contributed by atoms with Gasteiger partial charge in [-0.3, -0.25) is 0 Å². The summed E-state index contributed by atoms with van der Waals surface area (Å²) in [7, 11) is 1.54. The van der Waals surface area contributed by atoms with Crippen molar-refractivity contribution in [3.63, 3.8) is 0 Å². The minimum Gasteiger partial charge on any atom is -0.467 e. The van der Waals surface area contributed by atoms with Gasteiger partial charge in [-0.2, -0.15) is 15.0 Å². The number of hydrogen-bond donors (Lipinski definition) is 0. The van der Waals surface area contributed by atoms with Crippen molar-refractivity contribution < 1.29 is 4.74 Å². The third-order valence-corrected chi connectivity index (χ3v) is 1.66. The van der Waals surface area contributed by atoms with E-state index in [1.807, 2.05) is 6.92 Å². The normalized spacial score (nSPS) is 10.6. The van der Waals surface area contributed by atoms with E-state index in [0.717, 1.165) is 6.42 Å². The molecule has 13 heavy (non-hydrogen) atoms. The summed E-state index contributed by atoms with van der Waals surface area (Å²) < 4.78 is 6.50. The van der Waals surface area contributed by atoms with Crippen LogP contribution >= 0.6 is 0 Å². The van der Waals surface area contributed by atoms with E-state index < -0.39 is 0 Å². The summed E-state index contributed by atoms with van der Waals surface area (Å²) in [5, 5.41) is 3.92. The molecule has 0 bridgehead atoms. The fourth-order valence-electron chi connectivity index (χ4n) is 1.04. The van der Waals surface area contributed by atoms with Gasteiger partial charge in [0, 0.05) is 6.42 Å². The molecule has 0 aromatic carbocycles. The van der Waals surface area contributed by atoms with Crippen molar-refractivity contribution in [3.05, 3.63) is 12.2 Å². The van der Waals surface area contributed by atoms with Crippen molar-refractivity contribution >= 4 is 5.78 Å². The van der Waals surface area contributed by atoms with Crippen LogP contribution in [0.25, 0.3) is 5.78 Å². The lowest BCUT2D eigenvalue weighted by molar-refractivity contribution is 0.363. The van der Waals surface area contributed by atoms with Gasteiger partial charge in [0.2, 0.25) is 0 Å². The number of rotatable bonds is 2. The van der Waals surface area contributed by atoms with Gasteiger partial charge in [-0.1, -0.05) is 6.92 Å². The minimum absolute atomic E-state index is 0.416. The Morgan fingerprint density at radius 1 is 1.46 bits per heavy atom. The molecule has 2 aromatic rings. The first kappa shape index (κ1) is 7.90. The van der Waals surface area contributed by atoms with E-state index in [4.69, 9.17) is 4.74 Å². The molecule has 0 aliphatic carbocycles. The Morgan fingerprint density at radius 3 is 3.00 bits per heavy atom.